The van der Waals surface area contributed by atoms with Crippen molar-refractivity contribution in [2.24, 2.45) is 0 Å². The van der Waals surface area contributed by atoms with Gasteiger partial charge in [0.2, 0.25) is 0 Å². The highest BCUT2D eigenvalue weighted by atomic mass is 32.2. The Morgan fingerprint density at radius 3 is 2.58 bits per heavy atom. The van der Waals surface area contributed by atoms with E-state index >= 15 is 0 Å². The number of hydrogen-bond acceptors (Lipinski definition) is 7. The predicted octanol–water partition coefficient (Wildman–Crippen LogP) is 6.52. The summed E-state index contributed by atoms with van der Waals surface area (Å²) < 4.78 is 80.0. The average Bonchev–Trinajstić information content (AvgIpc) is 3.53. The van der Waals surface area contributed by atoms with E-state index in [0.717, 1.165) is 31.4 Å². The van der Waals surface area contributed by atoms with Crippen LogP contribution in [0.4, 0.5) is 30.4 Å². The molecule has 0 amide bonds. The van der Waals surface area contributed by atoms with Crippen molar-refractivity contribution in [1.82, 2.24) is 9.72 Å². The van der Waals surface area contributed by atoms with E-state index in [2.05, 4.69) is 32.4 Å². The number of benzene rings is 2. The third kappa shape index (κ3) is 7.37. The molecule has 0 bridgehead atoms. The second-order valence-corrected chi connectivity index (χ2v) is 12.1. The number of anilines is 3. The number of aromatic nitrogens is 2. The maximum atomic E-state index is 13.6. The van der Waals surface area contributed by atoms with Crippen LogP contribution in [0.3, 0.4) is 0 Å². The Kier molecular flexibility index (Phi) is 8.77. The van der Waals surface area contributed by atoms with Crippen LogP contribution >= 0.6 is 0 Å². The molecule has 0 unspecified atom stereocenters. The lowest BCUT2D eigenvalue weighted by Crippen LogP contribution is -2.22. The number of nitrogens with zero attached hydrogens (tertiary/aromatic N) is 2. The highest BCUT2D eigenvalue weighted by Crippen LogP contribution is 2.32. The summed E-state index contributed by atoms with van der Waals surface area (Å²) in [5.74, 6) is 6.53. The van der Waals surface area contributed by atoms with E-state index in [1.165, 1.54) is 42.4 Å². The molecule has 0 aliphatic heterocycles. The van der Waals surface area contributed by atoms with Crippen LogP contribution in [0.25, 0.3) is 10.9 Å². The van der Waals surface area contributed by atoms with Gasteiger partial charge in [0.15, 0.2) is 5.82 Å². The van der Waals surface area contributed by atoms with Crippen LogP contribution in [0.1, 0.15) is 43.6 Å². The van der Waals surface area contributed by atoms with Crippen LogP contribution < -0.4 is 20.1 Å². The maximum absolute atomic E-state index is 13.6. The van der Waals surface area contributed by atoms with Crippen molar-refractivity contribution in [3.8, 4) is 17.6 Å². The van der Waals surface area contributed by atoms with Gasteiger partial charge in [-0.2, -0.15) is 13.2 Å². The van der Waals surface area contributed by atoms with Crippen LogP contribution in [0.2, 0.25) is 0 Å². The minimum absolute atomic E-state index is 0.0498. The lowest BCUT2D eigenvalue weighted by atomic mass is 9.95. The molecule has 1 saturated carbocycles. The zero-order chi connectivity index (χ0) is 30.6. The number of ether oxygens (including phenoxy) is 1. The first-order valence-electron chi connectivity index (χ1n) is 13.8. The highest BCUT2D eigenvalue weighted by Gasteiger charge is 2.30. The van der Waals surface area contributed by atoms with E-state index in [1.807, 2.05) is 6.07 Å². The van der Waals surface area contributed by atoms with Gasteiger partial charge in [-0.3, -0.25) is 4.72 Å². The van der Waals surface area contributed by atoms with E-state index in [4.69, 9.17) is 9.26 Å². The van der Waals surface area contributed by atoms with Gasteiger partial charge in [-0.15, -0.1) is 0 Å². The molecule has 43 heavy (non-hydrogen) atoms. The van der Waals surface area contributed by atoms with Gasteiger partial charge in [0.25, 0.3) is 10.0 Å². The number of hydrogen-bond donors (Lipinski definition) is 3. The van der Waals surface area contributed by atoms with Crippen LogP contribution in [-0.4, -0.2) is 44.0 Å². The highest BCUT2D eigenvalue weighted by molar-refractivity contribution is 7.92. The minimum Gasteiger partial charge on any atom is -0.495 e. The molecule has 2 aromatic carbocycles. The fourth-order valence-corrected chi connectivity index (χ4v) is 6.20. The second kappa shape index (κ2) is 12.5. The molecule has 0 atom stereocenters. The number of alkyl halides is 3. The molecule has 2 heterocycles. The molecular formula is C30H32F3N5O4S. The third-order valence-electron chi connectivity index (χ3n) is 7.18. The summed E-state index contributed by atoms with van der Waals surface area (Å²) in [6.07, 6.45) is 1.11. The maximum Gasteiger partial charge on any atom is 0.406 e. The Morgan fingerprint density at radius 1 is 1.09 bits per heavy atom. The van der Waals surface area contributed by atoms with Crippen LogP contribution in [0.15, 0.2) is 57.9 Å². The van der Waals surface area contributed by atoms with Crippen molar-refractivity contribution < 1.29 is 30.8 Å². The molecule has 0 saturated heterocycles. The number of sulfonamides is 1. The van der Waals surface area contributed by atoms with Crippen molar-refractivity contribution in [3.05, 3.63) is 60.0 Å². The molecular weight excluding hydrogens is 583 g/mol. The Balaban J connectivity index is 1.35. The monoisotopic (exact) mass is 615 g/mol. The molecule has 228 valence electrons. The summed E-state index contributed by atoms with van der Waals surface area (Å²) >= 11 is 0. The van der Waals surface area contributed by atoms with Crippen molar-refractivity contribution in [3.63, 3.8) is 0 Å². The van der Waals surface area contributed by atoms with Gasteiger partial charge in [0, 0.05) is 29.2 Å². The number of methoxy groups -OCH3 is 1. The van der Waals surface area contributed by atoms with E-state index in [1.54, 1.807) is 25.1 Å². The Bertz CT molecular complexity index is 1760. The molecule has 1 fully saturated rings. The lowest BCUT2D eigenvalue weighted by molar-refractivity contribution is -0.140. The number of aryl methyl sites for hydroxylation is 1. The van der Waals surface area contributed by atoms with Gasteiger partial charge in [0.1, 0.15) is 18.1 Å². The van der Waals surface area contributed by atoms with Crippen molar-refractivity contribution >= 4 is 38.1 Å². The molecule has 9 nitrogen and oxygen atoms in total. The Hall–Kier alpha value is -4.31. The zero-order valence-corrected chi connectivity index (χ0v) is 24.5. The quantitative estimate of drug-likeness (QED) is 0.184. The van der Waals surface area contributed by atoms with Gasteiger partial charge in [-0.05, 0) is 56.0 Å². The first-order chi connectivity index (χ1) is 20.5. The molecule has 13 heteroatoms. The Labute approximate surface area is 247 Å². The molecule has 4 aromatic rings. The fourth-order valence-electron chi connectivity index (χ4n) is 5.20. The lowest BCUT2D eigenvalue weighted by Gasteiger charge is -2.24. The van der Waals surface area contributed by atoms with Crippen LogP contribution in [0.5, 0.6) is 5.75 Å². The second-order valence-electron chi connectivity index (χ2n) is 10.4. The first kappa shape index (κ1) is 30.2. The SMILES string of the molecule is COc1cc(S(=O)(=O)Nc2cc(C)on2)ccc1NCC#Cc1cc2c(NC3CCCCC3)cccc2n1CC(F)(F)F. The molecule has 1 aliphatic carbocycles. The number of fused-ring (bicyclic) bond motifs is 1. The minimum atomic E-state index is -4.43. The van der Waals surface area contributed by atoms with E-state index in [-0.39, 0.29) is 28.7 Å². The molecule has 2 aromatic heterocycles. The summed E-state index contributed by atoms with van der Waals surface area (Å²) in [5.41, 5.74) is 1.97. The molecule has 3 N–H and O–H groups in total. The van der Waals surface area contributed by atoms with E-state index < -0.39 is 22.7 Å². The fraction of sp³-hybridized carbons (Fsp3) is 0.367. The van der Waals surface area contributed by atoms with Crippen molar-refractivity contribution in [2.75, 3.05) is 29.0 Å². The molecule has 0 radical (unpaired) electrons. The number of rotatable bonds is 9. The van der Waals surface area contributed by atoms with Gasteiger partial charge in [-0.1, -0.05) is 36.4 Å². The van der Waals surface area contributed by atoms with Crippen molar-refractivity contribution in [1.29, 1.82) is 0 Å². The predicted molar refractivity (Wildman–Crippen MR) is 159 cm³/mol. The van der Waals surface area contributed by atoms with E-state index in [0.29, 0.717) is 28.4 Å². The first-order valence-corrected chi connectivity index (χ1v) is 15.3. The molecule has 5 rings (SSSR count). The summed E-state index contributed by atoms with van der Waals surface area (Å²) in [7, 11) is -2.57. The van der Waals surface area contributed by atoms with Crippen LogP contribution in [-0.2, 0) is 16.6 Å². The average molecular weight is 616 g/mol. The molecule has 1 aliphatic rings. The summed E-state index contributed by atoms with van der Waals surface area (Å²) in [5, 5.41) is 10.9. The normalized spacial score (nSPS) is 14.3. The number of halogens is 3. The largest absolute Gasteiger partial charge is 0.495 e. The summed E-state index contributed by atoms with van der Waals surface area (Å²) in [4.78, 5) is -0.0593. The van der Waals surface area contributed by atoms with Gasteiger partial charge >= 0.3 is 6.18 Å². The smallest absolute Gasteiger partial charge is 0.406 e. The zero-order valence-electron chi connectivity index (χ0n) is 23.7. The van der Waals surface area contributed by atoms with E-state index in [9.17, 15) is 21.6 Å². The van der Waals surface area contributed by atoms with Crippen molar-refractivity contribution in [2.45, 2.75) is 62.7 Å². The summed E-state index contributed by atoms with van der Waals surface area (Å²) in [6.45, 7) is 0.548. The van der Waals surface area contributed by atoms with Crippen LogP contribution in [0, 0.1) is 18.8 Å². The van der Waals surface area contributed by atoms with Gasteiger partial charge < -0.3 is 24.5 Å². The van der Waals surface area contributed by atoms with Gasteiger partial charge in [0.05, 0.1) is 35.4 Å². The standard InChI is InChI=1S/C30H32F3N5O4S/c1-20-16-29(36-42-20)37-43(39,40)23-13-14-26(28(18-23)41-2)34-15-7-10-22-17-24-25(35-21-8-4-3-5-9-21)11-6-12-27(24)38(22)19-30(31,32)33/h6,11-14,16-18,21,34-35H,3-5,8-9,15,19H2,1-2H3,(H,36,37). The third-order valence-corrected chi connectivity index (χ3v) is 8.53. The van der Waals surface area contributed by atoms with Gasteiger partial charge in [-0.25, -0.2) is 8.42 Å². The summed E-state index contributed by atoms with van der Waals surface area (Å²) in [6, 6.07) is 13.0. The number of nitrogens with one attached hydrogen (secondary N) is 3. The topological polar surface area (TPSA) is 110 Å². The Morgan fingerprint density at radius 2 is 1.88 bits per heavy atom. The molecule has 0 spiro atoms.